The van der Waals surface area contributed by atoms with Gasteiger partial charge in [-0.3, -0.25) is 15.1 Å². The van der Waals surface area contributed by atoms with Crippen LogP contribution < -0.4 is 5.32 Å². The molecule has 0 atom stereocenters. The number of hydrogen-bond donors (Lipinski definition) is 2. The lowest BCUT2D eigenvalue weighted by atomic mass is 10.2. The van der Waals surface area contributed by atoms with Crippen LogP contribution in [-0.2, 0) is 11.3 Å². The van der Waals surface area contributed by atoms with Crippen LogP contribution in [0.15, 0.2) is 30.3 Å². The van der Waals surface area contributed by atoms with Gasteiger partial charge in [0.05, 0.1) is 13.1 Å². The molecule has 1 aromatic carbocycles. The van der Waals surface area contributed by atoms with Crippen molar-refractivity contribution in [1.82, 2.24) is 10.2 Å². The Bertz CT molecular complexity index is 324. The fourth-order valence-corrected chi connectivity index (χ4v) is 1.25. The Balaban J connectivity index is 2.62. The normalized spacial score (nSPS) is 9.67. The third-order valence-corrected chi connectivity index (χ3v) is 2.01. The predicted molar refractivity (Wildman–Crippen MR) is 59.7 cm³/mol. The van der Waals surface area contributed by atoms with E-state index in [1.807, 2.05) is 30.3 Å². The number of amides is 1. The van der Waals surface area contributed by atoms with Gasteiger partial charge in [0.2, 0.25) is 6.41 Å². The van der Waals surface area contributed by atoms with Crippen molar-refractivity contribution in [2.75, 3.05) is 13.6 Å². The third kappa shape index (κ3) is 3.52. The summed E-state index contributed by atoms with van der Waals surface area (Å²) in [5.74, 6) is 0.274. The predicted octanol–water partition coefficient (Wildman–Crippen LogP) is 0.842. The monoisotopic (exact) mass is 205 g/mol. The van der Waals surface area contributed by atoms with E-state index in [-0.39, 0.29) is 5.84 Å². The zero-order valence-electron chi connectivity index (χ0n) is 8.73. The Morgan fingerprint density at radius 3 is 2.67 bits per heavy atom. The maximum Gasteiger partial charge on any atom is 0.215 e. The number of rotatable bonds is 5. The van der Waals surface area contributed by atoms with Crippen molar-refractivity contribution in [2.24, 2.45) is 0 Å². The van der Waals surface area contributed by atoms with Crippen molar-refractivity contribution < 1.29 is 4.79 Å². The molecule has 0 heterocycles. The second-order valence-corrected chi connectivity index (χ2v) is 3.20. The van der Waals surface area contributed by atoms with Crippen molar-refractivity contribution in [2.45, 2.75) is 6.54 Å². The number of likely N-dealkylation sites (N-methyl/N-ethyl adjacent to an activating group) is 1. The molecule has 0 aliphatic heterocycles. The highest BCUT2D eigenvalue weighted by molar-refractivity contribution is 5.89. The fraction of sp³-hybridized carbons (Fsp3) is 0.273. The van der Waals surface area contributed by atoms with E-state index in [1.54, 1.807) is 7.05 Å². The minimum atomic E-state index is 0.274. The Hall–Kier alpha value is -1.68. The van der Waals surface area contributed by atoms with E-state index in [0.29, 0.717) is 19.5 Å². The summed E-state index contributed by atoms with van der Waals surface area (Å²) in [5, 5.41) is 10.5. The molecule has 0 radical (unpaired) electrons. The van der Waals surface area contributed by atoms with E-state index >= 15 is 0 Å². The second kappa shape index (κ2) is 5.93. The number of carbonyl (C=O) groups is 1. The van der Waals surface area contributed by atoms with Crippen molar-refractivity contribution in [3.8, 4) is 0 Å². The molecule has 0 bridgehead atoms. The van der Waals surface area contributed by atoms with Gasteiger partial charge in [-0.25, -0.2) is 0 Å². The van der Waals surface area contributed by atoms with E-state index in [2.05, 4.69) is 5.32 Å². The number of amidine groups is 1. The summed E-state index contributed by atoms with van der Waals surface area (Å²) in [6.07, 6.45) is 0.687. The van der Waals surface area contributed by atoms with Gasteiger partial charge in [0.1, 0.15) is 5.84 Å². The van der Waals surface area contributed by atoms with E-state index in [9.17, 15) is 4.79 Å². The van der Waals surface area contributed by atoms with Gasteiger partial charge in [-0.05, 0) is 12.6 Å². The van der Waals surface area contributed by atoms with Gasteiger partial charge in [-0.1, -0.05) is 30.3 Å². The molecule has 2 N–H and O–H groups in total. The number of benzene rings is 1. The average Bonchev–Trinajstić information content (AvgIpc) is 2.27. The molecule has 1 amide bonds. The molecule has 1 aromatic rings. The summed E-state index contributed by atoms with van der Waals surface area (Å²) in [6, 6.07) is 9.62. The van der Waals surface area contributed by atoms with Crippen LogP contribution in [0, 0.1) is 5.41 Å². The van der Waals surface area contributed by atoms with Gasteiger partial charge in [0, 0.05) is 0 Å². The average molecular weight is 205 g/mol. The number of nitrogens with zero attached hydrogens (tertiary/aromatic N) is 1. The van der Waals surface area contributed by atoms with Crippen LogP contribution in [0.2, 0.25) is 0 Å². The van der Waals surface area contributed by atoms with Crippen LogP contribution in [0.3, 0.4) is 0 Å². The number of hydrogen-bond acceptors (Lipinski definition) is 3. The zero-order valence-corrected chi connectivity index (χ0v) is 8.73. The van der Waals surface area contributed by atoms with Crippen LogP contribution in [0.5, 0.6) is 0 Å². The molecule has 15 heavy (non-hydrogen) atoms. The van der Waals surface area contributed by atoms with Crippen molar-refractivity contribution in [1.29, 1.82) is 5.41 Å². The lowest BCUT2D eigenvalue weighted by molar-refractivity contribution is -0.115. The minimum absolute atomic E-state index is 0.274. The molecule has 4 nitrogen and oxygen atoms in total. The third-order valence-electron chi connectivity index (χ3n) is 2.01. The summed E-state index contributed by atoms with van der Waals surface area (Å²) in [6.45, 7) is 0.844. The maximum atomic E-state index is 10.8. The van der Waals surface area contributed by atoms with E-state index in [4.69, 9.17) is 5.41 Å². The first-order chi connectivity index (χ1) is 7.27. The molecule has 0 unspecified atom stereocenters. The lowest BCUT2D eigenvalue weighted by Gasteiger charge is -2.17. The van der Waals surface area contributed by atoms with Gasteiger partial charge in [0.15, 0.2) is 0 Å². The first-order valence-electron chi connectivity index (χ1n) is 4.76. The zero-order chi connectivity index (χ0) is 11.1. The van der Waals surface area contributed by atoms with Crippen LogP contribution in [0.4, 0.5) is 0 Å². The maximum absolute atomic E-state index is 10.8. The standard InChI is InChI=1S/C11H15N3O/c1-13-7-11(12)14(9-15)8-10-5-3-2-4-6-10/h2-6,9,12-13H,7-8H2,1H3. The highest BCUT2D eigenvalue weighted by Gasteiger charge is 2.07. The fourth-order valence-electron chi connectivity index (χ4n) is 1.25. The Labute approximate surface area is 89.4 Å². The molecule has 0 saturated heterocycles. The summed E-state index contributed by atoms with van der Waals surface area (Å²) in [4.78, 5) is 12.2. The first kappa shape index (κ1) is 11.4. The van der Waals surface area contributed by atoms with E-state index in [1.165, 1.54) is 4.90 Å². The molecule has 0 saturated carbocycles. The number of carbonyl (C=O) groups excluding carboxylic acids is 1. The summed E-state index contributed by atoms with van der Waals surface area (Å²) in [7, 11) is 1.75. The summed E-state index contributed by atoms with van der Waals surface area (Å²) >= 11 is 0. The molecule has 0 fully saturated rings. The summed E-state index contributed by atoms with van der Waals surface area (Å²) in [5.41, 5.74) is 1.02. The van der Waals surface area contributed by atoms with Crippen molar-refractivity contribution in [3.05, 3.63) is 35.9 Å². The lowest BCUT2D eigenvalue weighted by Crippen LogP contribution is -2.35. The highest BCUT2D eigenvalue weighted by Crippen LogP contribution is 2.02. The Morgan fingerprint density at radius 2 is 2.13 bits per heavy atom. The van der Waals surface area contributed by atoms with E-state index in [0.717, 1.165) is 5.56 Å². The Kier molecular flexibility index (Phi) is 4.50. The second-order valence-electron chi connectivity index (χ2n) is 3.20. The largest absolute Gasteiger partial charge is 0.313 e. The van der Waals surface area contributed by atoms with Crippen LogP contribution in [-0.4, -0.2) is 30.7 Å². The van der Waals surface area contributed by atoms with Gasteiger partial charge in [-0.15, -0.1) is 0 Å². The number of nitrogens with one attached hydrogen (secondary N) is 2. The molecule has 4 heteroatoms. The molecule has 0 spiro atoms. The summed E-state index contributed by atoms with van der Waals surface area (Å²) < 4.78 is 0. The molecular formula is C11H15N3O. The first-order valence-corrected chi connectivity index (χ1v) is 4.76. The molecule has 0 aromatic heterocycles. The van der Waals surface area contributed by atoms with Gasteiger partial charge in [0.25, 0.3) is 0 Å². The Morgan fingerprint density at radius 1 is 1.47 bits per heavy atom. The van der Waals surface area contributed by atoms with Crippen LogP contribution in [0.1, 0.15) is 5.56 Å². The topological polar surface area (TPSA) is 56.2 Å². The van der Waals surface area contributed by atoms with Gasteiger partial charge < -0.3 is 5.32 Å². The van der Waals surface area contributed by atoms with Crippen LogP contribution >= 0.6 is 0 Å². The van der Waals surface area contributed by atoms with Gasteiger partial charge >= 0.3 is 0 Å². The van der Waals surface area contributed by atoms with Crippen molar-refractivity contribution >= 4 is 12.2 Å². The van der Waals surface area contributed by atoms with Crippen LogP contribution in [0.25, 0.3) is 0 Å². The van der Waals surface area contributed by atoms with E-state index < -0.39 is 0 Å². The quantitative estimate of drug-likeness (QED) is 0.425. The SMILES string of the molecule is CNCC(=N)N(C=O)Cc1ccccc1. The minimum Gasteiger partial charge on any atom is -0.313 e. The van der Waals surface area contributed by atoms with Gasteiger partial charge in [-0.2, -0.15) is 0 Å². The highest BCUT2D eigenvalue weighted by atomic mass is 16.1. The van der Waals surface area contributed by atoms with Crippen molar-refractivity contribution in [3.63, 3.8) is 0 Å². The molecular weight excluding hydrogens is 190 g/mol. The molecule has 80 valence electrons. The smallest absolute Gasteiger partial charge is 0.215 e. The molecule has 0 aliphatic carbocycles. The molecule has 1 rings (SSSR count). The molecule has 0 aliphatic rings.